The van der Waals surface area contributed by atoms with Crippen LogP contribution in [0.15, 0.2) is 36.4 Å². The lowest BCUT2D eigenvalue weighted by molar-refractivity contribution is 0.0923. The van der Waals surface area contributed by atoms with Crippen LogP contribution < -0.4 is 16.0 Å². The van der Waals surface area contributed by atoms with Gasteiger partial charge in [0.05, 0.1) is 16.8 Å². The summed E-state index contributed by atoms with van der Waals surface area (Å²) in [7, 11) is 0. The fraction of sp³-hybridized carbons (Fsp3) is 0.250. The third-order valence-electron chi connectivity index (χ3n) is 4.42. The number of carbonyl (C=O) groups is 3. The Morgan fingerprint density at radius 1 is 1.04 bits per heavy atom. The van der Waals surface area contributed by atoms with Gasteiger partial charge in [0.1, 0.15) is 0 Å². The number of aryl methyl sites for hydroxylation is 2. The zero-order valence-electron chi connectivity index (χ0n) is 14.8. The first-order chi connectivity index (χ1) is 12.4. The predicted molar refractivity (Wildman–Crippen MR) is 99.5 cm³/mol. The van der Waals surface area contributed by atoms with E-state index in [1.54, 1.807) is 12.1 Å². The van der Waals surface area contributed by atoms with E-state index in [4.69, 9.17) is 5.73 Å². The van der Waals surface area contributed by atoms with E-state index in [2.05, 4.69) is 5.32 Å². The molecule has 0 radical (unpaired) electrons. The van der Waals surface area contributed by atoms with Gasteiger partial charge in [-0.3, -0.25) is 14.4 Å². The number of fused-ring (bicyclic) bond motifs is 1. The Bertz CT molecular complexity index is 905. The Morgan fingerprint density at radius 2 is 1.77 bits per heavy atom. The highest BCUT2D eigenvalue weighted by molar-refractivity contribution is 6.35. The number of nitrogens with zero attached hydrogens (tertiary/aromatic N) is 1. The van der Waals surface area contributed by atoms with Crippen molar-refractivity contribution in [3.63, 3.8) is 0 Å². The molecule has 2 aromatic carbocycles. The molecule has 0 bridgehead atoms. The number of amides is 3. The smallest absolute Gasteiger partial charge is 0.266 e. The van der Waals surface area contributed by atoms with E-state index in [-0.39, 0.29) is 17.4 Å². The molecule has 26 heavy (non-hydrogen) atoms. The van der Waals surface area contributed by atoms with Gasteiger partial charge in [0.2, 0.25) is 0 Å². The maximum Gasteiger partial charge on any atom is 0.266 e. The molecule has 3 rings (SSSR count). The first kappa shape index (κ1) is 17.8. The average Bonchev–Trinajstić information content (AvgIpc) is 2.88. The topological polar surface area (TPSA) is 92.5 Å². The predicted octanol–water partition coefficient (Wildman–Crippen LogP) is 2.18. The number of nitrogens with one attached hydrogen (secondary N) is 1. The third kappa shape index (κ3) is 3.11. The molecule has 0 aromatic heterocycles. The summed E-state index contributed by atoms with van der Waals surface area (Å²) in [5.41, 5.74) is 8.71. The van der Waals surface area contributed by atoms with Crippen molar-refractivity contribution < 1.29 is 14.4 Å². The molecule has 6 heteroatoms. The van der Waals surface area contributed by atoms with Crippen LogP contribution in [-0.2, 0) is 0 Å². The number of anilines is 1. The van der Waals surface area contributed by atoms with Crippen LogP contribution in [0.1, 0.15) is 48.6 Å². The van der Waals surface area contributed by atoms with Crippen LogP contribution in [0.3, 0.4) is 0 Å². The molecule has 1 heterocycles. The normalized spacial score (nSPS) is 13.1. The highest BCUT2D eigenvalue weighted by atomic mass is 16.2. The van der Waals surface area contributed by atoms with Crippen LogP contribution in [0, 0.1) is 13.8 Å². The Kier molecular flexibility index (Phi) is 4.86. The minimum Gasteiger partial charge on any atom is -0.352 e. The van der Waals surface area contributed by atoms with Gasteiger partial charge in [0, 0.05) is 12.1 Å². The van der Waals surface area contributed by atoms with E-state index < -0.39 is 5.91 Å². The number of hydrogen-bond acceptors (Lipinski definition) is 4. The quantitative estimate of drug-likeness (QED) is 0.638. The van der Waals surface area contributed by atoms with Crippen molar-refractivity contribution in [2.75, 3.05) is 18.0 Å². The molecule has 3 N–H and O–H groups in total. The number of hydrogen-bond donors (Lipinski definition) is 2. The van der Waals surface area contributed by atoms with Crippen molar-refractivity contribution in [2.24, 2.45) is 5.73 Å². The standard InChI is InChI=1S/C20H21N3O3/c1-12-4-5-13(2)17(10-12)23-19(25)15-7-6-14(11-16(15)20(23)26)18(24)22-9-3-8-21/h4-7,10-11H,3,8-9,21H2,1-2H3,(H,22,24). The molecule has 0 aliphatic carbocycles. The summed E-state index contributed by atoms with van der Waals surface area (Å²) in [4.78, 5) is 39.0. The lowest BCUT2D eigenvalue weighted by Gasteiger charge is -2.17. The number of benzene rings is 2. The number of carbonyl (C=O) groups excluding carboxylic acids is 3. The van der Waals surface area contributed by atoms with E-state index in [1.807, 2.05) is 32.0 Å². The Morgan fingerprint density at radius 3 is 2.50 bits per heavy atom. The Balaban J connectivity index is 1.93. The van der Waals surface area contributed by atoms with Gasteiger partial charge in [-0.1, -0.05) is 12.1 Å². The average molecular weight is 351 g/mol. The molecular weight excluding hydrogens is 330 g/mol. The SMILES string of the molecule is Cc1ccc(C)c(N2C(=O)c3ccc(C(=O)NCCCN)cc3C2=O)c1. The molecule has 0 spiro atoms. The minimum absolute atomic E-state index is 0.252. The van der Waals surface area contributed by atoms with Crippen molar-refractivity contribution in [2.45, 2.75) is 20.3 Å². The van der Waals surface area contributed by atoms with Crippen molar-refractivity contribution in [3.05, 3.63) is 64.2 Å². The van der Waals surface area contributed by atoms with Crippen molar-refractivity contribution >= 4 is 23.4 Å². The number of nitrogens with two attached hydrogens (primary N) is 1. The van der Waals surface area contributed by atoms with Gasteiger partial charge in [-0.05, 0) is 62.2 Å². The van der Waals surface area contributed by atoms with Crippen LogP contribution in [-0.4, -0.2) is 30.8 Å². The lowest BCUT2D eigenvalue weighted by atomic mass is 10.1. The van der Waals surface area contributed by atoms with Gasteiger partial charge in [-0.15, -0.1) is 0 Å². The monoisotopic (exact) mass is 351 g/mol. The molecule has 0 saturated heterocycles. The second-order valence-electron chi connectivity index (χ2n) is 6.39. The summed E-state index contributed by atoms with van der Waals surface area (Å²) >= 11 is 0. The summed E-state index contributed by atoms with van der Waals surface area (Å²) in [6.45, 7) is 4.72. The van der Waals surface area contributed by atoms with Crippen LogP contribution in [0.5, 0.6) is 0 Å². The summed E-state index contributed by atoms with van der Waals surface area (Å²) in [6.07, 6.45) is 0.675. The lowest BCUT2D eigenvalue weighted by Crippen LogP contribution is -2.30. The molecular formula is C20H21N3O3. The van der Waals surface area contributed by atoms with E-state index in [1.165, 1.54) is 11.0 Å². The largest absolute Gasteiger partial charge is 0.352 e. The minimum atomic E-state index is -0.407. The van der Waals surface area contributed by atoms with E-state index in [0.29, 0.717) is 36.3 Å². The third-order valence-corrected chi connectivity index (χ3v) is 4.42. The molecule has 1 aliphatic heterocycles. The fourth-order valence-corrected chi connectivity index (χ4v) is 2.97. The first-order valence-corrected chi connectivity index (χ1v) is 8.52. The molecule has 0 atom stereocenters. The number of rotatable bonds is 5. The molecule has 3 amide bonds. The highest BCUT2D eigenvalue weighted by Crippen LogP contribution is 2.31. The van der Waals surface area contributed by atoms with Crippen LogP contribution in [0.2, 0.25) is 0 Å². The second kappa shape index (κ2) is 7.09. The molecule has 0 fully saturated rings. The zero-order valence-corrected chi connectivity index (χ0v) is 14.8. The molecule has 2 aromatic rings. The highest BCUT2D eigenvalue weighted by Gasteiger charge is 2.37. The summed E-state index contributed by atoms with van der Waals surface area (Å²) in [6, 6.07) is 10.2. The zero-order chi connectivity index (χ0) is 18.8. The fourth-order valence-electron chi connectivity index (χ4n) is 2.97. The van der Waals surface area contributed by atoms with E-state index in [9.17, 15) is 14.4 Å². The van der Waals surface area contributed by atoms with Crippen LogP contribution >= 0.6 is 0 Å². The van der Waals surface area contributed by atoms with Gasteiger partial charge >= 0.3 is 0 Å². The molecule has 6 nitrogen and oxygen atoms in total. The number of imide groups is 1. The summed E-state index contributed by atoms with van der Waals surface area (Å²) < 4.78 is 0. The summed E-state index contributed by atoms with van der Waals surface area (Å²) in [5.74, 6) is -1.06. The van der Waals surface area contributed by atoms with Gasteiger partial charge in [-0.2, -0.15) is 0 Å². The molecule has 0 saturated carbocycles. The van der Waals surface area contributed by atoms with Gasteiger partial charge in [0.15, 0.2) is 0 Å². The van der Waals surface area contributed by atoms with Crippen LogP contribution in [0.4, 0.5) is 5.69 Å². The van der Waals surface area contributed by atoms with Gasteiger partial charge in [-0.25, -0.2) is 4.90 Å². The van der Waals surface area contributed by atoms with E-state index in [0.717, 1.165) is 11.1 Å². The Hall–Kier alpha value is -2.99. The van der Waals surface area contributed by atoms with Gasteiger partial charge < -0.3 is 11.1 Å². The summed E-state index contributed by atoms with van der Waals surface area (Å²) in [5, 5.41) is 2.75. The van der Waals surface area contributed by atoms with E-state index >= 15 is 0 Å². The molecule has 1 aliphatic rings. The second-order valence-corrected chi connectivity index (χ2v) is 6.39. The molecule has 134 valence electrons. The van der Waals surface area contributed by atoms with Crippen molar-refractivity contribution in [1.29, 1.82) is 0 Å². The first-order valence-electron chi connectivity index (χ1n) is 8.52. The maximum atomic E-state index is 12.9. The maximum absolute atomic E-state index is 12.9. The molecule has 0 unspecified atom stereocenters. The van der Waals surface area contributed by atoms with Gasteiger partial charge in [0.25, 0.3) is 17.7 Å². The van der Waals surface area contributed by atoms with Crippen molar-refractivity contribution in [1.82, 2.24) is 5.32 Å². The Labute approximate surface area is 152 Å². The van der Waals surface area contributed by atoms with Crippen LogP contribution in [0.25, 0.3) is 0 Å². The van der Waals surface area contributed by atoms with Crippen molar-refractivity contribution in [3.8, 4) is 0 Å².